The van der Waals surface area contributed by atoms with Crippen molar-refractivity contribution in [2.24, 2.45) is 11.8 Å². The molecule has 134 valence electrons. The van der Waals surface area contributed by atoms with Crippen molar-refractivity contribution in [3.63, 3.8) is 0 Å². The fourth-order valence-corrected chi connectivity index (χ4v) is 3.21. The third kappa shape index (κ3) is 5.36. The van der Waals surface area contributed by atoms with Gasteiger partial charge in [-0.15, -0.1) is 24.8 Å². The van der Waals surface area contributed by atoms with E-state index in [9.17, 15) is 4.79 Å². The van der Waals surface area contributed by atoms with Gasteiger partial charge in [0.05, 0.1) is 0 Å². The molecule has 3 rings (SSSR count). The van der Waals surface area contributed by atoms with Gasteiger partial charge < -0.3 is 15.0 Å². The maximum absolute atomic E-state index is 12.1. The standard InChI is InChI=1S/C17H24N4O.2ClH/c1-13(15-2-5-18-6-3-15)10-17(22)20-12-14-4-8-21-9-7-19-16(21)11-14;;/h4,7-9,11,13,15,18H,2-3,5-6,10,12H2,1H3,(H,20,22);2*1H. The minimum Gasteiger partial charge on any atom is -0.352 e. The Morgan fingerprint density at radius 3 is 2.88 bits per heavy atom. The van der Waals surface area contributed by atoms with Crippen LogP contribution in [0.3, 0.4) is 0 Å². The normalized spacial score (nSPS) is 16.0. The molecule has 1 aliphatic heterocycles. The van der Waals surface area contributed by atoms with Crippen molar-refractivity contribution in [1.82, 2.24) is 20.0 Å². The van der Waals surface area contributed by atoms with E-state index in [0.29, 0.717) is 24.8 Å². The quantitative estimate of drug-likeness (QED) is 0.848. The van der Waals surface area contributed by atoms with Crippen LogP contribution < -0.4 is 10.6 Å². The molecule has 7 heteroatoms. The summed E-state index contributed by atoms with van der Waals surface area (Å²) in [6.07, 6.45) is 8.66. The third-order valence-corrected chi connectivity index (χ3v) is 4.65. The summed E-state index contributed by atoms with van der Waals surface area (Å²) >= 11 is 0. The molecule has 2 N–H and O–H groups in total. The summed E-state index contributed by atoms with van der Waals surface area (Å²) in [5.41, 5.74) is 2.00. The summed E-state index contributed by atoms with van der Waals surface area (Å²) in [5, 5.41) is 6.41. The maximum Gasteiger partial charge on any atom is 0.220 e. The lowest BCUT2D eigenvalue weighted by Gasteiger charge is -2.27. The van der Waals surface area contributed by atoms with Crippen LogP contribution in [0, 0.1) is 11.8 Å². The van der Waals surface area contributed by atoms with E-state index in [0.717, 1.165) is 24.3 Å². The zero-order valence-corrected chi connectivity index (χ0v) is 15.5. The van der Waals surface area contributed by atoms with Crippen LogP contribution in [0.2, 0.25) is 0 Å². The fraction of sp³-hybridized carbons (Fsp3) is 0.529. The highest BCUT2D eigenvalue weighted by molar-refractivity contribution is 5.85. The van der Waals surface area contributed by atoms with Crippen molar-refractivity contribution >= 4 is 36.4 Å². The predicted octanol–water partition coefficient (Wildman–Crippen LogP) is 2.82. The highest BCUT2D eigenvalue weighted by atomic mass is 35.5. The Labute approximate surface area is 155 Å². The molecule has 1 unspecified atom stereocenters. The van der Waals surface area contributed by atoms with Crippen LogP contribution in [0.5, 0.6) is 0 Å². The fourth-order valence-electron chi connectivity index (χ4n) is 3.21. The number of pyridine rings is 1. The van der Waals surface area contributed by atoms with Crippen molar-refractivity contribution < 1.29 is 4.79 Å². The van der Waals surface area contributed by atoms with Crippen LogP contribution in [0.4, 0.5) is 0 Å². The Hall–Kier alpha value is -1.30. The molecule has 1 amide bonds. The Morgan fingerprint density at radius 2 is 2.12 bits per heavy atom. The second-order valence-electron chi connectivity index (χ2n) is 6.27. The molecule has 1 fully saturated rings. The molecule has 0 bridgehead atoms. The number of piperidine rings is 1. The van der Waals surface area contributed by atoms with Gasteiger partial charge in [0.2, 0.25) is 5.91 Å². The molecule has 0 spiro atoms. The smallest absolute Gasteiger partial charge is 0.220 e. The van der Waals surface area contributed by atoms with Gasteiger partial charge in [0.1, 0.15) is 5.65 Å². The number of halogens is 2. The van der Waals surface area contributed by atoms with Gasteiger partial charge in [0, 0.05) is 31.6 Å². The number of aromatic nitrogens is 2. The van der Waals surface area contributed by atoms with Crippen molar-refractivity contribution in [2.45, 2.75) is 32.7 Å². The molecule has 0 saturated carbocycles. The number of hydrogen-bond donors (Lipinski definition) is 2. The molecular weight excluding hydrogens is 347 g/mol. The highest BCUT2D eigenvalue weighted by Crippen LogP contribution is 2.24. The van der Waals surface area contributed by atoms with Gasteiger partial charge in [-0.1, -0.05) is 6.92 Å². The number of fused-ring (bicyclic) bond motifs is 1. The van der Waals surface area contributed by atoms with Gasteiger partial charge in [0.25, 0.3) is 0 Å². The van der Waals surface area contributed by atoms with Gasteiger partial charge in [-0.3, -0.25) is 4.79 Å². The average molecular weight is 373 g/mol. The Morgan fingerprint density at radius 1 is 1.38 bits per heavy atom. The second kappa shape index (κ2) is 9.87. The molecule has 1 aliphatic rings. The summed E-state index contributed by atoms with van der Waals surface area (Å²) in [4.78, 5) is 16.4. The summed E-state index contributed by atoms with van der Waals surface area (Å²) < 4.78 is 1.96. The van der Waals surface area contributed by atoms with Crippen LogP contribution >= 0.6 is 24.8 Å². The molecule has 2 aromatic heterocycles. The van der Waals surface area contributed by atoms with E-state index in [1.54, 1.807) is 6.20 Å². The molecule has 1 saturated heterocycles. The summed E-state index contributed by atoms with van der Waals surface area (Å²) in [6.45, 7) is 4.94. The van der Waals surface area contributed by atoms with Gasteiger partial charge in [-0.25, -0.2) is 4.98 Å². The highest BCUT2D eigenvalue weighted by Gasteiger charge is 2.21. The zero-order valence-electron chi connectivity index (χ0n) is 13.9. The van der Waals surface area contributed by atoms with Gasteiger partial charge in [0.15, 0.2) is 0 Å². The van der Waals surface area contributed by atoms with Crippen molar-refractivity contribution in [2.75, 3.05) is 13.1 Å². The molecule has 3 heterocycles. The summed E-state index contributed by atoms with van der Waals surface area (Å²) in [7, 11) is 0. The van der Waals surface area contributed by atoms with E-state index in [1.807, 2.05) is 28.9 Å². The van der Waals surface area contributed by atoms with Crippen LogP contribution in [0.15, 0.2) is 30.7 Å². The first-order valence-electron chi connectivity index (χ1n) is 8.11. The molecule has 0 radical (unpaired) electrons. The topological polar surface area (TPSA) is 58.4 Å². The number of carbonyl (C=O) groups excluding carboxylic acids is 1. The molecule has 5 nitrogen and oxygen atoms in total. The third-order valence-electron chi connectivity index (χ3n) is 4.65. The van der Waals surface area contributed by atoms with Crippen LogP contribution in [-0.2, 0) is 11.3 Å². The number of nitrogens with zero attached hydrogens (tertiary/aromatic N) is 2. The average Bonchev–Trinajstić information content (AvgIpc) is 3.01. The van der Waals surface area contributed by atoms with Gasteiger partial charge in [-0.2, -0.15) is 0 Å². The number of nitrogens with one attached hydrogen (secondary N) is 2. The number of hydrogen-bond acceptors (Lipinski definition) is 3. The SMILES string of the molecule is CC(CC(=O)NCc1ccn2ccnc2c1)C1CCNCC1.Cl.Cl. The predicted molar refractivity (Wildman–Crippen MR) is 101 cm³/mol. The summed E-state index contributed by atoms with van der Waals surface area (Å²) in [5.74, 6) is 1.28. The van der Waals surface area contributed by atoms with E-state index in [2.05, 4.69) is 22.5 Å². The Bertz CT molecular complexity index is 640. The van der Waals surface area contributed by atoms with Gasteiger partial charge in [-0.05, 0) is 55.5 Å². The molecule has 1 atom stereocenters. The lowest BCUT2D eigenvalue weighted by atomic mass is 9.84. The first kappa shape index (κ1) is 20.7. The zero-order chi connectivity index (χ0) is 15.4. The number of rotatable bonds is 5. The first-order chi connectivity index (χ1) is 10.7. The largest absolute Gasteiger partial charge is 0.352 e. The molecular formula is C17H26Cl2N4O. The number of carbonyl (C=O) groups is 1. The summed E-state index contributed by atoms with van der Waals surface area (Å²) in [6, 6.07) is 4.03. The first-order valence-corrected chi connectivity index (χ1v) is 8.11. The molecule has 24 heavy (non-hydrogen) atoms. The van der Waals surface area contributed by atoms with E-state index < -0.39 is 0 Å². The van der Waals surface area contributed by atoms with E-state index in [-0.39, 0.29) is 30.7 Å². The van der Waals surface area contributed by atoms with Gasteiger partial charge >= 0.3 is 0 Å². The minimum absolute atomic E-state index is 0. The van der Waals surface area contributed by atoms with Crippen molar-refractivity contribution in [1.29, 1.82) is 0 Å². The molecule has 2 aromatic rings. The lowest BCUT2D eigenvalue weighted by molar-refractivity contribution is -0.122. The van der Waals surface area contributed by atoms with Crippen molar-refractivity contribution in [3.05, 3.63) is 36.3 Å². The number of amides is 1. The molecule has 0 aromatic carbocycles. The van der Waals surface area contributed by atoms with E-state index in [4.69, 9.17) is 0 Å². The van der Waals surface area contributed by atoms with Crippen molar-refractivity contribution in [3.8, 4) is 0 Å². The second-order valence-corrected chi connectivity index (χ2v) is 6.27. The molecule has 0 aliphatic carbocycles. The van der Waals surface area contributed by atoms with Crippen LogP contribution in [-0.4, -0.2) is 28.4 Å². The maximum atomic E-state index is 12.1. The number of imidazole rings is 1. The lowest BCUT2D eigenvalue weighted by Crippen LogP contribution is -2.33. The van der Waals surface area contributed by atoms with E-state index >= 15 is 0 Å². The Balaban J connectivity index is 0.00000144. The monoisotopic (exact) mass is 372 g/mol. The van der Waals surface area contributed by atoms with E-state index in [1.165, 1.54) is 12.8 Å². The minimum atomic E-state index is 0. The van der Waals surface area contributed by atoms with Crippen LogP contribution in [0.1, 0.15) is 31.7 Å². The van der Waals surface area contributed by atoms with Crippen LogP contribution in [0.25, 0.3) is 5.65 Å². The Kier molecular flexibility index (Phi) is 8.53.